The molecule has 0 saturated carbocycles. The zero-order valence-corrected chi connectivity index (χ0v) is 13.0. The summed E-state index contributed by atoms with van der Waals surface area (Å²) < 4.78 is 27.1. The lowest BCUT2D eigenvalue weighted by Crippen LogP contribution is -2.39. The van der Waals surface area contributed by atoms with Crippen molar-refractivity contribution in [3.63, 3.8) is 0 Å². The van der Waals surface area contributed by atoms with Crippen molar-refractivity contribution in [1.82, 2.24) is 4.72 Å². The third-order valence-corrected chi connectivity index (χ3v) is 5.07. The van der Waals surface area contributed by atoms with Crippen LogP contribution in [-0.4, -0.2) is 24.7 Å². The van der Waals surface area contributed by atoms with E-state index < -0.39 is 27.3 Å². The molecule has 0 heterocycles. The maximum Gasteiger partial charge on any atom is 0.323 e. The Morgan fingerprint density at radius 1 is 1.37 bits per heavy atom. The van der Waals surface area contributed by atoms with Gasteiger partial charge in [0.1, 0.15) is 0 Å². The zero-order chi connectivity index (χ0) is 14.6. The van der Waals surface area contributed by atoms with E-state index in [0.717, 1.165) is 17.0 Å². The van der Waals surface area contributed by atoms with Gasteiger partial charge in [0.15, 0.2) is 5.25 Å². The highest BCUT2D eigenvalue weighted by molar-refractivity contribution is 9.10. The molecule has 2 unspecified atom stereocenters. The van der Waals surface area contributed by atoms with Crippen molar-refractivity contribution in [2.24, 2.45) is 0 Å². The molecule has 0 amide bonds. The van der Waals surface area contributed by atoms with Gasteiger partial charge in [0, 0.05) is 10.5 Å². The molecule has 0 saturated heterocycles. The topological polar surface area (TPSA) is 83.5 Å². The van der Waals surface area contributed by atoms with Crippen molar-refractivity contribution in [2.75, 3.05) is 0 Å². The second-order valence-corrected chi connectivity index (χ2v) is 7.10. The van der Waals surface area contributed by atoms with Crippen LogP contribution < -0.4 is 4.72 Å². The van der Waals surface area contributed by atoms with Gasteiger partial charge in [-0.1, -0.05) is 35.0 Å². The van der Waals surface area contributed by atoms with E-state index in [1.54, 1.807) is 12.1 Å². The summed E-state index contributed by atoms with van der Waals surface area (Å²) in [4.78, 5) is 10.8. The molecule has 0 spiro atoms. The van der Waals surface area contributed by atoms with Crippen LogP contribution >= 0.6 is 15.9 Å². The fourth-order valence-electron chi connectivity index (χ4n) is 1.52. The lowest BCUT2D eigenvalue weighted by molar-refractivity contribution is -0.136. The Kier molecular flexibility index (Phi) is 5.51. The van der Waals surface area contributed by atoms with Crippen molar-refractivity contribution in [3.05, 3.63) is 34.3 Å². The largest absolute Gasteiger partial charge is 0.480 e. The first-order chi connectivity index (χ1) is 8.77. The molecule has 0 aromatic heterocycles. The van der Waals surface area contributed by atoms with Gasteiger partial charge in [-0.15, -0.1) is 0 Å². The molecular weight excluding hydrogens is 334 g/mol. The molecule has 1 rings (SSSR count). The van der Waals surface area contributed by atoms with Gasteiger partial charge >= 0.3 is 5.97 Å². The van der Waals surface area contributed by atoms with Gasteiger partial charge in [-0.3, -0.25) is 4.79 Å². The molecule has 7 heteroatoms. The first-order valence-corrected chi connectivity index (χ1v) is 8.11. The second kappa shape index (κ2) is 6.49. The first kappa shape index (κ1) is 16.1. The van der Waals surface area contributed by atoms with E-state index in [0.29, 0.717) is 6.42 Å². The summed E-state index contributed by atoms with van der Waals surface area (Å²) in [5.41, 5.74) is 0.798. The minimum absolute atomic E-state index is 0.431. The average molecular weight is 350 g/mol. The normalized spacial score (nSPS) is 14.9. The van der Waals surface area contributed by atoms with E-state index in [-0.39, 0.29) is 0 Å². The lowest BCUT2D eigenvalue weighted by atomic mass is 10.1. The number of halogens is 1. The van der Waals surface area contributed by atoms with Gasteiger partial charge in [0.05, 0.1) is 0 Å². The Labute approximate surface area is 121 Å². The molecular formula is C12H16BrNO4S. The van der Waals surface area contributed by atoms with Crippen LogP contribution in [0, 0.1) is 0 Å². The van der Waals surface area contributed by atoms with E-state index in [1.807, 2.05) is 19.1 Å². The van der Waals surface area contributed by atoms with Gasteiger partial charge < -0.3 is 5.11 Å². The van der Waals surface area contributed by atoms with Gasteiger partial charge in [-0.2, -0.15) is 0 Å². The van der Waals surface area contributed by atoms with Gasteiger partial charge in [-0.05, 0) is 31.0 Å². The lowest BCUT2D eigenvalue weighted by Gasteiger charge is -2.19. The summed E-state index contributed by atoms with van der Waals surface area (Å²) in [6, 6.07) is 6.79. The summed E-state index contributed by atoms with van der Waals surface area (Å²) in [6.45, 7) is 2.99. The SMILES string of the molecule is CCC(NS(=O)(=O)C(C)C(=O)O)c1ccc(Br)cc1. The van der Waals surface area contributed by atoms with Crippen molar-refractivity contribution < 1.29 is 18.3 Å². The molecule has 19 heavy (non-hydrogen) atoms. The monoisotopic (exact) mass is 349 g/mol. The van der Waals surface area contributed by atoms with Crippen LogP contribution in [0.15, 0.2) is 28.7 Å². The van der Waals surface area contributed by atoms with E-state index >= 15 is 0 Å². The Morgan fingerprint density at radius 3 is 2.32 bits per heavy atom. The predicted molar refractivity (Wildman–Crippen MR) is 76.3 cm³/mol. The summed E-state index contributed by atoms with van der Waals surface area (Å²) in [6.07, 6.45) is 0.535. The highest BCUT2D eigenvalue weighted by atomic mass is 79.9. The Bertz CT molecular complexity index is 541. The second-order valence-electron chi connectivity index (χ2n) is 4.16. The fourth-order valence-corrected chi connectivity index (χ4v) is 2.95. The molecule has 2 N–H and O–H groups in total. The number of rotatable bonds is 6. The Balaban J connectivity index is 2.94. The predicted octanol–water partition coefficient (Wildman–Crippen LogP) is 2.29. The van der Waals surface area contributed by atoms with Crippen LogP contribution in [0.25, 0.3) is 0 Å². The van der Waals surface area contributed by atoms with Gasteiger partial charge in [0.2, 0.25) is 10.0 Å². The molecule has 106 valence electrons. The van der Waals surface area contributed by atoms with Crippen LogP contribution in [0.3, 0.4) is 0 Å². The molecule has 0 aliphatic heterocycles. The molecule has 0 fully saturated rings. The van der Waals surface area contributed by atoms with Crippen LogP contribution in [0.5, 0.6) is 0 Å². The number of benzene rings is 1. The molecule has 0 radical (unpaired) electrons. The summed E-state index contributed by atoms with van der Waals surface area (Å²) in [7, 11) is -3.89. The Morgan fingerprint density at radius 2 is 1.89 bits per heavy atom. The molecule has 0 aliphatic rings. The van der Waals surface area contributed by atoms with E-state index in [4.69, 9.17) is 5.11 Å². The number of sulfonamides is 1. The number of aliphatic carboxylic acids is 1. The number of hydrogen-bond acceptors (Lipinski definition) is 3. The third kappa shape index (κ3) is 4.29. The fraction of sp³-hybridized carbons (Fsp3) is 0.417. The van der Waals surface area contributed by atoms with E-state index in [9.17, 15) is 13.2 Å². The average Bonchev–Trinajstić information content (AvgIpc) is 2.36. The third-order valence-electron chi connectivity index (χ3n) is 2.80. The highest BCUT2D eigenvalue weighted by Gasteiger charge is 2.29. The van der Waals surface area contributed by atoms with Crippen molar-refractivity contribution in [3.8, 4) is 0 Å². The smallest absolute Gasteiger partial charge is 0.323 e. The van der Waals surface area contributed by atoms with E-state index in [2.05, 4.69) is 20.7 Å². The summed E-state index contributed by atoms with van der Waals surface area (Å²) in [5, 5.41) is 7.31. The molecule has 5 nitrogen and oxygen atoms in total. The molecule has 1 aromatic rings. The van der Waals surface area contributed by atoms with Gasteiger partial charge in [-0.25, -0.2) is 13.1 Å². The van der Waals surface area contributed by atoms with Crippen molar-refractivity contribution >= 4 is 31.9 Å². The standard InChI is InChI=1S/C12H16BrNO4S/c1-3-11(9-4-6-10(13)7-5-9)14-19(17,18)8(2)12(15)16/h4-8,11,14H,3H2,1-2H3,(H,15,16). The highest BCUT2D eigenvalue weighted by Crippen LogP contribution is 2.21. The summed E-state index contributed by atoms with van der Waals surface area (Å²) >= 11 is 3.30. The quantitative estimate of drug-likeness (QED) is 0.825. The van der Waals surface area contributed by atoms with E-state index in [1.165, 1.54) is 0 Å². The van der Waals surface area contributed by atoms with Crippen LogP contribution in [0.2, 0.25) is 0 Å². The number of carboxylic acid groups (broad SMARTS) is 1. The van der Waals surface area contributed by atoms with Crippen LogP contribution in [-0.2, 0) is 14.8 Å². The molecule has 0 aliphatic carbocycles. The number of hydrogen-bond donors (Lipinski definition) is 2. The molecule has 0 bridgehead atoms. The van der Waals surface area contributed by atoms with Crippen LogP contribution in [0.4, 0.5) is 0 Å². The number of carbonyl (C=O) groups is 1. The van der Waals surface area contributed by atoms with Crippen molar-refractivity contribution in [1.29, 1.82) is 0 Å². The molecule has 2 atom stereocenters. The number of carboxylic acids is 1. The minimum atomic E-state index is -3.89. The Hall–Kier alpha value is -0.920. The maximum absolute atomic E-state index is 11.9. The maximum atomic E-state index is 11.9. The molecule has 1 aromatic carbocycles. The number of nitrogens with one attached hydrogen (secondary N) is 1. The van der Waals surface area contributed by atoms with Crippen molar-refractivity contribution in [2.45, 2.75) is 31.6 Å². The zero-order valence-electron chi connectivity index (χ0n) is 10.6. The summed E-state index contributed by atoms with van der Waals surface area (Å²) in [5.74, 6) is -1.36. The first-order valence-electron chi connectivity index (χ1n) is 5.77. The minimum Gasteiger partial charge on any atom is -0.480 e. The van der Waals surface area contributed by atoms with Crippen LogP contribution in [0.1, 0.15) is 31.9 Å². The van der Waals surface area contributed by atoms with Gasteiger partial charge in [0.25, 0.3) is 0 Å².